The van der Waals surface area contributed by atoms with Gasteiger partial charge in [0.2, 0.25) is 0 Å². The molecule has 0 saturated heterocycles. The molecule has 0 unspecified atom stereocenters. The molecule has 0 amide bonds. The van der Waals surface area contributed by atoms with Gasteiger partial charge in [-0.25, -0.2) is 0 Å². The molecule has 2 aliphatic rings. The Balaban J connectivity index is 1.47. The highest BCUT2D eigenvalue weighted by Gasteiger charge is 2.17. The fraction of sp³-hybridized carbons (Fsp3) is 0.824. The molecule has 3 nitrogen and oxygen atoms in total. The van der Waals surface area contributed by atoms with E-state index >= 15 is 0 Å². The van der Waals surface area contributed by atoms with Gasteiger partial charge < -0.3 is 5.32 Å². The summed E-state index contributed by atoms with van der Waals surface area (Å²) in [6, 6.07) is 3.59. The van der Waals surface area contributed by atoms with Crippen LogP contribution < -0.4 is 5.32 Å². The summed E-state index contributed by atoms with van der Waals surface area (Å²) in [4.78, 5) is 0. The molecular weight excluding hydrogens is 246 g/mol. The van der Waals surface area contributed by atoms with E-state index in [0.717, 1.165) is 6.54 Å². The van der Waals surface area contributed by atoms with Crippen molar-refractivity contribution >= 4 is 0 Å². The fourth-order valence-electron chi connectivity index (χ4n) is 3.75. The Hall–Kier alpha value is -0.830. The summed E-state index contributed by atoms with van der Waals surface area (Å²) in [5.74, 6) is 0. The molecule has 3 heteroatoms. The first kappa shape index (κ1) is 14.1. The second-order valence-electron chi connectivity index (χ2n) is 6.65. The molecule has 0 spiro atoms. The second-order valence-corrected chi connectivity index (χ2v) is 6.65. The molecule has 2 aliphatic carbocycles. The molecule has 2 saturated carbocycles. The average Bonchev–Trinajstić information content (AvgIpc) is 3.08. The Morgan fingerprint density at radius 3 is 2.35 bits per heavy atom. The van der Waals surface area contributed by atoms with E-state index < -0.39 is 0 Å². The van der Waals surface area contributed by atoms with E-state index in [-0.39, 0.29) is 0 Å². The van der Waals surface area contributed by atoms with Crippen molar-refractivity contribution in [3.63, 3.8) is 0 Å². The van der Waals surface area contributed by atoms with Crippen molar-refractivity contribution in [3.05, 3.63) is 18.0 Å². The smallest absolute Gasteiger partial charge is 0.0762 e. The molecule has 20 heavy (non-hydrogen) atoms. The molecule has 3 rings (SSSR count). The number of nitrogens with zero attached hydrogens (tertiary/aromatic N) is 2. The molecule has 0 atom stereocenters. The lowest BCUT2D eigenvalue weighted by atomic mass is 9.97. The zero-order chi connectivity index (χ0) is 13.6. The second kappa shape index (κ2) is 7.26. The minimum absolute atomic E-state index is 0.671. The standard InChI is InChI=1S/C17H29N3/c1-2-4-8-15(9-5-3-1)18-14-16-12-13-20(19-16)17-10-6-7-11-17/h12-13,15,17-18H,1-11,14H2. The number of hydrogen-bond acceptors (Lipinski definition) is 2. The Morgan fingerprint density at radius 2 is 1.60 bits per heavy atom. The molecular formula is C17H29N3. The normalized spacial score (nSPS) is 22.8. The minimum atomic E-state index is 0.671. The highest BCUT2D eigenvalue weighted by molar-refractivity contribution is 5.00. The highest BCUT2D eigenvalue weighted by Crippen LogP contribution is 2.28. The zero-order valence-electron chi connectivity index (χ0n) is 12.7. The third kappa shape index (κ3) is 3.85. The van der Waals surface area contributed by atoms with Gasteiger partial charge in [0.05, 0.1) is 11.7 Å². The Bertz CT molecular complexity index is 385. The summed E-state index contributed by atoms with van der Waals surface area (Å²) >= 11 is 0. The van der Waals surface area contributed by atoms with Gasteiger partial charge in [0.1, 0.15) is 0 Å². The summed E-state index contributed by atoms with van der Waals surface area (Å²) in [7, 11) is 0. The molecule has 0 bridgehead atoms. The third-order valence-corrected chi connectivity index (χ3v) is 5.04. The summed E-state index contributed by atoms with van der Waals surface area (Å²) in [6.45, 7) is 0.949. The van der Waals surface area contributed by atoms with Crippen LogP contribution in [-0.2, 0) is 6.54 Å². The molecule has 1 aromatic rings. The van der Waals surface area contributed by atoms with Gasteiger partial charge in [0.25, 0.3) is 0 Å². The van der Waals surface area contributed by atoms with Crippen molar-refractivity contribution < 1.29 is 0 Å². The molecule has 112 valence electrons. The lowest BCUT2D eigenvalue weighted by molar-refractivity contribution is 0.385. The van der Waals surface area contributed by atoms with Crippen LogP contribution in [0.15, 0.2) is 12.3 Å². The van der Waals surface area contributed by atoms with Crippen molar-refractivity contribution in [2.24, 2.45) is 0 Å². The van der Waals surface area contributed by atoms with Crippen molar-refractivity contribution in [2.75, 3.05) is 0 Å². The predicted molar refractivity (Wildman–Crippen MR) is 82.7 cm³/mol. The first-order valence-corrected chi connectivity index (χ1v) is 8.69. The topological polar surface area (TPSA) is 29.9 Å². The fourth-order valence-corrected chi connectivity index (χ4v) is 3.75. The minimum Gasteiger partial charge on any atom is -0.308 e. The third-order valence-electron chi connectivity index (χ3n) is 5.04. The van der Waals surface area contributed by atoms with Crippen LogP contribution in [0.1, 0.15) is 82.4 Å². The maximum atomic E-state index is 4.77. The van der Waals surface area contributed by atoms with Crippen LogP contribution in [0.25, 0.3) is 0 Å². The summed E-state index contributed by atoms with van der Waals surface area (Å²) < 4.78 is 2.21. The van der Waals surface area contributed by atoms with E-state index in [9.17, 15) is 0 Å². The quantitative estimate of drug-likeness (QED) is 0.892. The maximum Gasteiger partial charge on any atom is 0.0762 e. The average molecular weight is 275 g/mol. The SMILES string of the molecule is c1cn(C2CCCC2)nc1CNC1CCCCCCC1. The molecule has 0 aromatic carbocycles. The van der Waals surface area contributed by atoms with E-state index in [4.69, 9.17) is 5.10 Å². The van der Waals surface area contributed by atoms with Gasteiger partial charge in [-0.2, -0.15) is 5.10 Å². The van der Waals surface area contributed by atoms with Crippen LogP contribution in [0.4, 0.5) is 0 Å². The van der Waals surface area contributed by atoms with Crippen LogP contribution in [0.2, 0.25) is 0 Å². The zero-order valence-corrected chi connectivity index (χ0v) is 12.7. The molecule has 1 aromatic heterocycles. The van der Waals surface area contributed by atoms with E-state index in [2.05, 4.69) is 22.3 Å². The van der Waals surface area contributed by atoms with Crippen LogP contribution in [0.3, 0.4) is 0 Å². The largest absolute Gasteiger partial charge is 0.308 e. The van der Waals surface area contributed by atoms with Crippen molar-refractivity contribution in [3.8, 4) is 0 Å². The molecule has 0 aliphatic heterocycles. The monoisotopic (exact) mass is 275 g/mol. The van der Waals surface area contributed by atoms with Gasteiger partial charge in [-0.15, -0.1) is 0 Å². The van der Waals surface area contributed by atoms with Gasteiger partial charge in [-0.3, -0.25) is 4.68 Å². The van der Waals surface area contributed by atoms with Gasteiger partial charge in [0.15, 0.2) is 0 Å². The van der Waals surface area contributed by atoms with E-state index in [1.54, 1.807) is 0 Å². The summed E-state index contributed by atoms with van der Waals surface area (Å²) in [5, 5.41) is 8.51. The Labute approximate surface area is 123 Å². The van der Waals surface area contributed by atoms with Crippen molar-refractivity contribution in [1.82, 2.24) is 15.1 Å². The number of nitrogens with one attached hydrogen (secondary N) is 1. The van der Waals surface area contributed by atoms with Gasteiger partial charge in [0, 0.05) is 18.8 Å². The molecule has 2 fully saturated rings. The summed E-state index contributed by atoms with van der Waals surface area (Å²) in [6.07, 6.45) is 17.4. The van der Waals surface area contributed by atoms with Gasteiger partial charge >= 0.3 is 0 Å². The van der Waals surface area contributed by atoms with Crippen LogP contribution in [-0.4, -0.2) is 15.8 Å². The van der Waals surface area contributed by atoms with E-state index in [1.165, 1.54) is 76.3 Å². The van der Waals surface area contributed by atoms with Crippen LogP contribution in [0, 0.1) is 0 Å². The number of rotatable bonds is 4. The van der Waals surface area contributed by atoms with E-state index in [0.29, 0.717) is 12.1 Å². The Morgan fingerprint density at radius 1 is 0.950 bits per heavy atom. The van der Waals surface area contributed by atoms with Crippen molar-refractivity contribution in [2.45, 2.75) is 89.3 Å². The predicted octanol–water partition coefficient (Wildman–Crippen LogP) is 4.20. The highest BCUT2D eigenvalue weighted by atomic mass is 15.3. The number of hydrogen-bond donors (Lipinski definition) is 1. The van der Waals surface area contributed by atoms with E-state index in [1.807, 2.05) is 0 Å². The Kier molecular flexibility index (Phi) is 5.12. The van der Waals surface area contributed by atoms with Crippen LogP contribution in [0.5, 0.6) is 0 Å². The molecule has 0 radical (unpaired) electrons. The molecule has 1 heterocycles. The van der Waals surface area contributed by atoms with Crippen molar-refractivity contribution in [1.29, 1.82) is 0 Å². The lowest BCUT2D eigenvalue weighted by Gasteiger charge is -2.20. The van der Waals surface area contributed by atoms with Gasteiger partial charge in [-0.05, 0) is 31.7 Å². The summed E-state index contributed by atoms with van der Waals surface area (Å²) in [5.41, 5.74) is 1.22. The van der Waals surface area contributed by atoms with Crippen LogP contribution >= 0.6 is 0 Å². The first-order chi connectivity index (χ1) is 9.92. The lowest BCUT2D eigenvalue weighted by Crippen LogP contribution is -2.29. The number of aromatic nitrogens is 2. The van der Waals surface area contributed by atoms with Gasteiger partial charge in [-0.1, -0.05) is 44.9 Å². The first-order valence-electron chi connectivity index (χ1n) is 8.69. The molecule has 1 N–H and O–H groups in total. The maximum absolute atomic E-state index is 4.77.